The van der Waals surface area contributed by atoms with Crippen LogP contribution < -0.4 is 0 Å². The highest BCUT2D eigenvalue weighted by Gasteiger charge is 2.20. The predicted molar refractivity (Wildman–Crippen MR) is 76.9 cm³/mol. The lowest BCUT2D eigenvalue weighted by molar-refractivity contribution is 0.112. The van der Waals surface area contributed by atoms with Gasteiger partial charge >= 0.3 is 0 Å². The number of likely N-dealkylation sites (tertiary alicyclic amines) is 1. The van der Waals surface area contributed by atoms with Crippen molar-refractivity contribution in [2.45, 2.75) is 26.2 Å². The molecule has 20 heavy (non-hydrogen) atoms. The summed E-state index contributed by atoms with van der Waals surface area (Å²) in [4.78, 5) is 18.0. The van der Waals surface area contributed by atoms with Gasteiger partial charge in [0.05, 0.1) is 5.56 Å². The number of fused-ring (bicyclic) bond motifs is 1. The van der Waals surface area contributed by atoms with Crippen molar-refractivity contribution in [1.82, 2.24) is 19.5 Å². The van der Waals surface area contributed by atoms with Crippen molar-refractivity contribution in [2.75, 3.05) is 19.6 Å². The molecule has 1 fully saturated rings. The minimum atomic E-state index is 0.604. The average molecular weight is 272 g/mol. The summed E-state index contributed by atoms with van der Waals surface area (Å²) in [6.45, 7) is 5.70. The molecule has 1 aliphatic rings. The molecule has 5 heteroatoms. The molecule has 5 nitrogen and oxygen atoms in total. The molecule has 3 rings (SSSR count). The number of aldehydes is 1. The second kappa shape index (κ2) is 5.71. The Kier molecular flexibility index (Phi) is 3.78. The maximum absolute atomic E-state index is 11.0. The molecule has 1 saturated heterocycles. The van der Waals surface area contributed by atoms with E-state index in [-0.39, 0.29) is 0 Å². The summed E-state index contributed by atoms with van der Waals surface area (Å²) >= 11 is 0. The molecule has 0 unspecified atom stereocenters. The van der Waals surface area contributed by atoms with Crippen LogP contribution in [0.25, 0.3) is 5.65 Å². The standard InChI is InChI=1S/C15H20N4O/c1-2-18-8-5-12(6-9-18)10-14-16-15-13(11-20)4-3-7-19(15)17-14/h3-4,7,11-12H,2,5-6,8-10H2,1H3. The topological polar surface area (TPSA) is 50.5 Å². The Bertz CT molecular complexity index is 599. The Hall–Kier alpha value is -1.75. The number of piperidine rings is 1. The van der Waals surface area contributed by atoms with Gasteiger partial charge in [0.1, 0.15) is 0 Å². The van der Waals surface area contributed by atoms with Crippen molar-refractivity contribution in [2.24, 2.45) is 5.92 Å². The van der Waals surface area contributed by atoms with Gasteiger partial charge in [-0.25, -0.2) is 9.50 Å². The van der Waals surface area contributed by atoms with Gasteiger partial charge in [-0.2, -0.15) is 5.10 Å². The summed E-state index contributed by atoms with van der Waals surface area (Å²) < 4.78 is 1.71. The first kappa shape index (κ1) is 13.2. The summed E-state index contributed by atoms with van der Waals surface area (Å²) in [5.41, 5.74) is 1.27. The Labute approximate surface area is 118 Å². The number of hydrogen-bond donors (Lipinski definition) is 0. The number of aromatic nitrogens is 3. The molecule has 0 atom stereocenters. The number of hydrogen-bond acceptors (Lipinski definition) is 4. The minimum absolute atomic E-state index is 0.604. The van der Waals surface area contributed by atoms with E-state index >= 15 is 0 Å². The normalized spacial score (nSPS) is 17.6. The molecule has 0 aromatic carbocycles. The van der Waals surface area contributed by atoms with Gasteiger partial charge in [-0.3, -0.25) is 4.79 Å². The van der Waals surface area contributed by atoms with E-state index in [1.165, 1.54) is 25.9 Å². The van der Waals surface area contributed by atoms with Gasteiger partial charge in [0.25, 0.3) is 0 Å². The van der Waals surface area contributed by atoms with Crippen LogP contribution in [0.1, 0.15) is 35.9 Å². The van der Waals surface area contributed by atoms with Crippen LogP contribution >= 0.6 is 0 Å². The molecule has 0 saturated carbocycles. The van der Waals surface area contributed by atoms with E-state index in [1.807, 2.05) is 12.3 Å². The number of rotatable bonds is 4. The molecule has 0 amide bonds. The van der Waals surface area contributed by atoms with Gasteiger partial charge in [0.2, 0.25) is 0 Å². The number of carbonyl (C=O) groups is 1. The maximum atomic E-state index is 11.0. The van der Waals surface area contributed by atoms with Gasteiger partial charge in [-0.05, 0) is 50.5 Å². The first-order chi connectivity index (χ1) is 9.80. The van der Waals surface area contributed by atoms with Crippen LogP contribution in [0.4, 0.5) is 0 Å². The van der Waals surface area contributed by atoms with E-state index in [4.69, 9.17) is 0 Å². The van der Waals surface area contributed by atoms with Crippen molar-refractivity contribution in [3.05, 3.63) is 29.7 Å². The van der Waals surface area contributed by atoms with Gasteiger partial charge in [0, 0.05) is 12.6 Å². The van der Waals surface area contributed by atoms with E-state index in [0.717, 1.165) is 25.1 Å². The van der Waals surface area contributed by atoms with Gasteiger partial charge in [-0.1, -0.05) is 6.92 Å². The lowest BCUT2D eigenvalue weighted by atomic mass is 9.93. The van der Waals surface area contributed by atoms with E-state index in [9.17, 15) is 4.79 Å². The Morgan fingerprint density at radius 3 is 2.90 bits per heavy atom. The summed E-state index contributed by atoms with van der Waals surface area (Å²) in [6.07, 6.45) is 6.03. The lowest BCUT2D eigenvalue weighted by Crippen LogP contribution is -2.34. The van der Waals surface area contributed by atoms with Crippen LogP contribution in [0.5, 0.6) is 0 Å². The van der Waals surface area contributed by atoms with Crippen LogP contribution in [0.15, 0.2) is 18.3 Å². The molecule has 0 spiro atoms. The smallest absolute Gasteiger partial charge is 0.166 e. The summed E-state index contributed by atoms with van der Waals surface area (Å²) in [6, 6.07) is 3.61. The fraction of sp³-hybridized carbons (Fsp3) is 0.533. The molecule has 0 aliphatic carbocycles. The molecule has 0 N–H and O–H groups in total. The Morgan fingerprint density at radius 1 is 1.40 bits per heavy atom. The average Bonchev–Trinajstić information content (AvgIpc) is 2.90. The zero-order valence-corrected chi connectivity index (χ0v) is 11.8. The van der Waals surface area contributed by atoms with E-state index < -0.39 is 0 Å². The Morgan fingerprint density at radius 2 is 2.20 bits per heavy atom. The van der Waals surface area contributed by atoms with Crippen LogP contribution in [0, 0.1) is 5.92 Å². The largest absolute Gasteiger partial charge is 0.304 e. The molecule has 106 valence electrons. The highest BCUT2D eigenvalue weighted by Crippen LogP contribution is 2.20. The second-order valence-corrected chi connectivity index (χ2v) is 5.46. The van der Waals surface area contributed by atoms with Crippen molar-refractivity contribution < 1.29 is 4.79 Å². The van der Waals surface area contributed by atoms with E-state index in [2.05, 4.69) is 21.9 Å². The van der Waals surface area contributed by atoms with Crippen LogP contribution in [-0.4, -0.2) is 45.4 Å². The van der Waals surface area contributed by atoms with Gasteiger partial charge in [0.15, 0.2) is 17.8 Å². The fourth-order valence-electron chi connectivity index (χ4n) is 2.91. The van der Waals surface area contributed by atoms with Crippen molar-refractivity contribution >= 4 is 11.9 Å². The number of pyridine rings is 1. The quantitative estimate of drug-likeness (QED) is 0.797. The zero-order valence-electron chi connectivity index (χ0n) is 11.8. The monoisotopic (exact) mass is 272 g/mol. The number of carbonyl (C=O) groups excluding carboxylic acids is 1. The number of nitrogens with zero attached hydrogens (tertiary/aromatic N) is 4. The highest BCUT2D eigenvalue weighted by atomic mass is 16.1. The molecule has 0 radical (unpaired) electrons. The molecule has 3 heterocycles. The third kappa shape index (κ3) is 2.58. The summed E-state index contributed by atoms with van der Waals surface area (Å²) in [5, 5.41) is 4.49. The van der Waals surface area contributed by atoms with Crippen LogP contribution in [0.2, 0.25) is 0 Å². The first-order valence-corrected chi connectivity index (χ1v) is 7.32. The SMILES string of the molecule is CCN1CCC(Cc2nc3c(C=O)cccn3n2)CC1. The summed E-state index contributed by atoms with van der Waals surface area (Å²) in [7, 11) is 0. The summed E-state index contributed by atoms with van der Waals surface area (Å²) in [5.74, 6) is 1.52. The molecule has 2 aromatic rings. The first-order valence-electron chi connectivity index (χ1n) is 7.32. The zero-order chi connectivity index (χ0) is 13.9. The minimum Gasteiger partial charge on any atom is -0.304 e. The van der Waals surface area contributed by atoms with E-state index in [1.54, 1.807) is 10.6 Å². The predicted octanol–water partition coefficient (Wildman–Crippen LogP) is 1.82. The highest BCUT2D eigenvalue weighted by molar-refractivity contribution is 5.83. The van der Waals surface area contributed by atoms with Gasteiger partial charge < -0.3 is 4.90 Å². The second-order valence-electron chi connectivity index (χ2n) is 5.46. The Balaban J connectivity index is 1.73. The van der Waals surface area contributed by atoms with Gasteiger partial charge in [-0.15, -0.1) is 0 Å². The molecule has 1 aliphatic heterocycles. The fourth-order valence-corrected chi connectivity index (χ4v) is 2.91. The molecular weight excluding hydrogens is 252 g/mol. The maximum Gasteiger partial charge on any atom is 0.166 e. The third-order valence-corrected chi connectivity index (χ3v) is 4.19. The van der Waals surface area contributed by atoms with E-state index in [0.29, 0.717) is 17.1 Å². The lowest BCUT2D eigenvalue weighted by Gasteiger charge is -2.30. The van der Waals surface area contributed by atoms with Crippen LogP contribution in [0.3, 0.4) is 0 Å². The van der Waals surface area contributed by atoms with Crippen molar-refractivity contribution in [1.29, 1.82) is 0 Å². The third-order valence-electron chi connectivity index (χ3n) is 4.19. The van der Waals surface area contributed by atoms with Crippen molar-refractivity contribution in [3.63, 3.8) is 0 Å². The molecule has 2 aromatic heterocycles. The van der Waals surface area contributed by atoms with Crippen LogP contribution in [-0.2, 0) is 6.42 Å². The molecule has 0 bridgehead atoms. The van der Waals surface area contributed by atoms with Crippen molar-refractivity contribution in [3.8, 4) is 0 Å². The molecular formula is C15H20N4O.